The molecule has 0 fully saturated rings. The van der Waals surface area contributed by atoms with Gasteiger partial charge in [0, 0.05) is 6.54 Å². The van der Waals surface area contributed by atoms with E-state index in [0.29, 0.717) is 11.3 Å². The molecule has 0 saturated carbocycles. The van der Waals surface area contributed by atoms with Gasteiger partial charge in [0.05, 0.1) is 6.42 Å². The Morgan fingerprint density at radius 2 is 1.57 bits per heavy atom. The molecule has 0 aliphatic rings. The summed E-state index contributed by atoms with van der Waals surface area (Å²) < 4.78 is 5.09. The van der Waals surface area contributed by atoms with Gasteiger partial charge in [-0.05, 0) is 23.3 Å². The summed E-state index contributed by atoms with van der Waals surface area (Å²) in [7, 11) is 0. The predicted molar refractivity (Wildman–Crippen MR) is 77.1 cm³/mol. The first-order chi connectivity index (χ1) is 10.1. The van der Waals surface area contributed by atoms with Crippen LogP contribution in [-0.4, -0.2) is 17.2 Å². The van der Waals surface area contributed by atoms with E-state index in [1.807, 2.05) is 6.07 Å². The first-order valence-electron chi connectivity index (χ1n) is 6.44. The fraction of sp³-hybridized carbons (Fsp3) is 0.125. The van der Waals surface area contributed by atoms with Crippen molar-refractivity contribution in [3.8, 4) is 5.75 Å². The Labute approximate surface area is 122 Å². The lowest BCUT2D eigenvalue weighted by Gasteiger charge is -2.09. The molecule has 0 saturated heterocycles. The summed E-state index contributed by atoms with van der Waals surface area (Å²) in [5.74, 6) is -0.455. The molecule has 0 spiro atoms. The van der Waals surface area contributed by atoms with Crippen LogP contribution in [0, 0.1) is 0 Å². The van der Waals surface area contributed by atoms with E-state index in [4.69, 9.17) is 9.84 Å². The lowest BCUT2D eigenvalue weighted by molar-refractivity contribution is -0.136. The summed E-state index contributed by atoms with van der Waals surface area (Å²) in [5.41, 5.74) is 1.43. The molecule has 0 radical (unpaired) electrons. The fourth-order valence-electron chi connectivity index (χ4n) is 1.86. The molecule has 0 aromatic heterocycles. The molecule has 0 heterocycles. The number of para-hydroxylation sites is 1. The van der Waals surface area contributed by atoms with Gasteiger partial charge in [-0.2, -0.15) is 0 Å². The number of carboxylic acid groups (broad SMARTS) is 1. The Balaban J connectivity index is 1.93. The van der Waals surface area contributed by atoms with E-state index in [-0.39, 0.29) is 13.0 Å². The van der Waals surface area contributed by atoms with Crippen LogP contribution < -0.4 is 10.1 Å². The quantitative estimate of drug-likeness (QED) is 0.885. The minimum atomic E-state index is -0.908. The van der Waals surface area contributed by atoms with Crippen molar-refractivity contribution in [1.29, 1.82) is 0 Å². The third-order valence-corrected chi connectivity index (χ3v) is 2.84. The predicted octanol–water partition coefficient (Wildman–Crippen LogP) is 2.60. The molecule has 0 atom stereocenters. The van der Waals surface area contributed by atoms with Crippen LogP contribution in [0.1, 0.15) is 11.1 Å². The summed E-state index contributed by atoms with van der Waals surface area (Å²) in [6, 6.07) is 15.8. The zero-order valence-corrected chi connectivity index (χ0v) is 11.3. The van der Waals surface area contributed by atoms with Gasteiger partial charge in [-0.1, -0.05) is 42.5 Å². The molecule has 0 aliphatic heterocycles. The third-order valence-electron chi connectivity index (χ3n) is 2.84. The Morgan fingerprint density at radius 1 is 0.952 bits per heavy atom. The van der Waals surface area contributed by atoms with Gasteiger partial charge >= 0.3 is 12.1 Å². The highest BCUT2D eigenvalue weighted by molar-refractivity contribution is 5.72. The van der Waals surface area contributed by atoms with Crippen LogP contribution >= 0.6 is 0 Å². The minimum Gasteiger partial charge on any atom is -0.481 e. The molecule has 5 heteroatoms. The lowest BCUT2D eigenvalue weighted by atomic mass is 10.0. The molecule has 21 heavy (non-hydrogen) atoms. The lowest BCUT2D eigenvalue weighted by Crippen LogP contribution is -2.26. The van der Waals surface area contributed by atoms with Gasteiger partial charge in [0.1, 0.15) is 5.75 Å². The van der Waals surface area contributed by atoms with Gasteiger partial charge in [-0.25, -0.2) is 4.79 Å². The molecular formula is C16H15NO4. The van der Waals surface area contributed by atoms with Crippen LogP contribution in [0.15, 0.2) is 54.6 Å². The van der Waals surface area contributed by atoms with Crippen LogP contribution in [0.25, 0.3) is 0 Å². The van der Waals surface area contributed by atoms with Crippen LogP contribution in [0.5, 0.6) is 5.75 Å². The normalized spacial score (nSPS) is 9.90. The molecule has 2 rings (SSSR count). The van der Waals surface area contributed by atoms with Crippen molar-refractivity contribution in [1.82, 2.24) is 5.32 Å². The molecule has 1 amide bonds. The first-order valence-corrected chi connectivity index (χ1v) is 6.44. The van der Waals surface area contributed by atoms with Crippen molar-refractivity contribution in [3.05, 3.63) is 65.7 Å². The zero-order chi connectivity index (χ0) is 15.1. The largest absolute Gasteiger partial charge is 0.481 e. The Bertz CT molecular complexity index is 625. The maximum atomic E-state index is 11.7. The number of ether oxygens (including phenoxy) is 1. The van der Waals surface area contributed by atoms with Gasteiger partial charge < -0.3 is 15.2 Å². The van der Waals surface area contributed by atoms with E-state index < -0.39 is 12.1 Å². The maximum absolute atomic E-state index is 11.7. The number of rotatable bonds is 5. The van der Waals surface area contributed by atoms with Crippen LogP contribution in [0.3, 0.4) is 0 Å². The first kappa shape index (κ1) is 14.6. The van der Waals surface area contributed by atoms with Crippen LogP contribution in [0.2, 0.25) is 0 Å². The number of benzene rings is 2. The molecular weight excluding hydrogens is 270 g/mol. The van der Waals surface area contributed by atoms with Crippen molar-refractivity contribution < 1.29 is 19.4 Å². The van der Waals surface area contributed by atoms with E-state index in [1.165, 1.54) is 0 Å². The van der Waals surface area contributed by atoms with E-state index in [2.05, 4.69) is 5.32 Å². The van der Waals surface area contributed by atoms with Crippen molar-refractivity contribution in [2.24, 2.45) is 0 Å². The van der Waals surface area contributed by atoms with E-state index in [0.717, 1.165) is 5.56 Å². The molecule has 2 N–H and O–H groups in total. The van der Waals surface area contributed by atoms with Gasteiger partial charge in [-0.15, -0.1) is 0 Å². The van der Waals surface area contributed by atoms with E-state index in [1.54, 1.807) is 48.5 Å². The number of aliphatic carboxylic acids is 1. The smallest absolute Gasteiger partial charge is 0.412 e. The van der Waals surface area contributed by atoms with Crippen molar-refractivity contribution >= 4 is 12.1 Å². The second kappa shape index (κ2) is 7.09. The van der Waals surface area contributed by atoms with Gasteiger partial charge in [0.2, 0.25) is 0 Å². The molecule has 2 aromatic carbocycles. The average molecular weight is 285 g/mol. The SMILES string of the molecule is O=C(O)Cc1ccccc1CNC(=O)Oc1ccccc1. The van der Waals surface area contributed by atoms with Crippen LogP contribution in [0.4, 0.5) is 4.79 Å². The molecule has 0 aliphatic carbocycles. The summed E-state index contributed by atoms with van der Waals surface area (Å²) >= 11 is 0. The molecule has 0 bridgehead atoms. The van der Waals surface area contributed by atoms with Crippen LogP contribution in [-0.2, 0) is 17.8 Å². The average Bonchev–Trinajstić information content (AvgIpc) is 2.47. The zero-order valence-electron chi connectivity index (χ0n) is 11.3. The summed E-state index contributed by atoms with van der Waals surface area (Å²) in [4.78, 5) is 22.5. The Hall–Kier alpha value is -2.82. The highest BCUT2D eigenvalue weighted by Crippen LogP contribution is 2.11. The topological polar surface area (TPSA) is 75.6 Å². The fourth-order valence-corrected chi connectivity index (χ4v) is 1.86. The maximum Gasteiger partial charge on any atom is 0.412 e. The minimum absolute atomic E-state index is 0.0778. The number of amides is 1. The highest BCUT2D eigenvalue weighted by Gasteiger charge is 2.08. The third kappa shape index (κ3) is 4.65. The monoisotopic (exact) mass is 285 g/mol. The number of carbonyl (C=O) groups is 2. The number of carboxylic acids is 1. The van der Waals surface area contributed by atoms with Gasteiger partial charge in [0.15, 0.2) is 0 Å². The van der Waals surface area contributed by atoms with Gasteiger partial charge in [-0.3, -0.25) is 4.79 Å². The number of carbonyl (C=O) groups excluding carboxylic acids is 1. The number of nitrogens with one attached hydrogen (secondary N) is 1. The Kier molecular flexibility index (Phi) is 4.93. The molecule has 5 nitrogen and oxygen atoms in total. The Morgan fingerprint density at radius 3 is 2.24 bits per heavy atom. The van der Waals surface area contributed by atoms with E-state index in [9.17, 15) is 9.59 Å². The van der Waals surface area contributed by atoms with Gasteiger partial charge in [0.25, 0.3) is 0 Å². The second-order valence-corrected chi connectivity index (χ2v) is 4.40. The van der Waals surface area contributed by atoms with E-state index >= 15 is 0 Å². The molecule has 108 valence electrons. The summed E-state index contributed by atoms with van der Waals surface area (Å²) in [6.07, 6.45) is -0.655. The second-order valence-electron chi connectivity index (χ2n) is 4.40. The molecule has 2 aromatic rings. The summed E-state index contributed by atoms with van der Waals surface area (Å²) in [5, 5.41) is 11.5. The van der Waals surface area contributed by atoms with Crippen molar-refractivity contribution in [2.75, 3.05) is 0 Å². The van der Waals surface area contributed by atoms with Crippen molar-refractivity contribution in [2.45, 2.75) is 13.0 Å². The summed E-state index contributed by atoms with van der Waals surface area (Å²) in [6.45, 7) is 0.217. The van der Waals surface area contributed by atoms with Crippen molar-refractivity contribution in [3.63, 3.8) is 0 Å². The highest BCUT2D eigenvalue weighted by atomic mass is 16.6. The number of hydrogen-bond donors (Lipinski definition) is 2. The standard InChI is InChI=1S/C16H15NO4/c18-15(19)10-12-6-4-5-7-13(12)11-17-16(20)21-14-8-2-1-3-9-14/h1-9H,10-11H2,(H,17,20)(H,18,19). The molecule has 0 unspecified atom stereocenters. The number of hydrogen-bond acceptors (Lipinski definition) is 3.